The first-order chi connectivity index (χ1) is 12.4. The van der Waals surface area contributed by atoms with Crippen LogP contribution >= 0.6 is 0 Å². The van der Waals surface area contributed by atoms with Crippen LogP contribution in [0.2, 0.25) is 0 Å². The molecule has 26 heavy (non-hydrogen) atoms. The van der Waals surface area contributed by atoms with Crippen LogP contribution in [-0.2, 0) is 11.2 Å². The van der Waals surface area contributed by atoms with Crippen LogP contribution in [0.4, 0.5) is 0 Å². The van der Waals surface area contributed by atoms with Gasteiger partial charge in [-0.2, -0.15) is 0 Å². The molecule has 2 rings (SSSR count). The minimum absolute atomic E-state index is 0.0335. The second kappa shape index (κ2) is 8.62. The predicted octanol–water partition coefficient (Wildman–Crippen LogP) is 2.43. The third-order valence-corrected chi connectivity index (χ3v) is 3.91. The van der Waals surface area contributed by atoms with E-state index in [0.29, 0.717) is 29.7 Å². The Morgan fingerprint density at radius 3 is 2.12 bits per heavy atom. The van der Waals surface area contributed by atoms with Crippen LogP contribution in [0, 0.1) is 5.41 Å². The van der Waals surface area contributed by atoms with E-state index < -0.39 is 5.97 Å². The topological polar surface area (TPSA) is 116 Å². The van der Waals surface area contributed by atoms with Crippen LogP contribution in [-0.4, -0.2) is 29.4 Å². The zero-order chi connectivity index (χ0) is 19.1. The van der Waals surface area contributed by atoms with Crippen molar-refractivity contribution in [3.8, 4) is 0 Å². The molecule has 1 amide bonds. The summed E-state index contributed by atoms with van der Waals surface area (Å²) in [5, 5.41) is 19.0. The smallest absolute Gasteiger partial charge is 0.328 e. The summed E-state index contributed by atoms with van der Waals surface area (Å²) >= 11 is 0. The molecule has 0 saturated heterocycles. The number of amides is 1. The van der Waals surface area contributed by atoms with E-state index in [4.69, 9.17) is 16.2 Å². The Labute approximate surface area is 151 Å². The van der Waals surface area contributed by atoms with Gasteiger partial charge in [0.05, 0.1) is 0 Å². The highest BCUT2D eigenvalue weighted by atomic mass is 16.4. The van der Waals surface area contributed by atoms with Crippen LogP contribution in [0.25, 0.3) is 5.57 Å². The molecule has 6 heteroatoms. The molecular formula is C20H21N3O3. The summed E-state index contributed by atoms with van der Waals surface area (Å²) in [5.41, 5.74) is 9.06. The Hall–Kier alpha value is -3.41. The number of carbonyl (C=O) groups excluding carboxylic acids is 1. The quantitative estimate of drug-likeness (QED) is 0.348. The van der Waals surface area contributed by atoms with Crippen molar-refractivity contribution < 1.29 is 14.7 Å². The molecule has 0 unspecified atom stereocenters. The summed E-state index contributed by atoms with van der Waals surface area (Å²) in [6.45, 7) is 2.23. The van der Waals surface area contributed by atoms with Crippen LogP contribution < -0.4 is 11.1 Å². The Balaban J connectivity index is 1.88. The number of amidine groups is 1. The zero-order valence-corrected chi connectivity index (χ0v) is 14.5. The number of aliphatic carboxylic acids is 1. The molecule has 0 bridgehead atoms. The molecule has 0 radical (unpaired) electrons. The Morgan fingerprint density at radius 1 is 1.04 bits per heavy atom. The number of nitrogens with two attached hydrogens (primary N) is 1. The maximum Gasteiger partial charge on any atom is 0.328 e. The first-order valence-corrected chi connectivity index (χ1v) is 8.10. The van der Waals surface area contributed by atoms with Crippen LogP contribution in [0.3, 0.4) is 0 Å². The number of allylic oxidation sites excluding steroid dienone is 1. The number of carboxylic acid groups (broad SMARTS) is 1. The van der Waals surface area contributed by atoms with Gasteiger partial charge in [0.15, 0.2) is 0 Å². The van der Waals surface area contributed by atoms with Gasteiger partial charge in [-0.25, -0.2) is 4.79 Å². The summed E-state index contributed by atoms with van der Waals surface area (Å²) in [6.07, 6.45) is 1.84. The number of carboxylic acids is 1. The van der Waals surface area contributed by atoms with Gasteiger partial charge in [-0.3, -0.25) is 10.2 Å². The molecule has 0 spiro atoms. The van der Waals surface area contributed by atoms with Gasteiger partial charge in [-0.15, -0.1) is 0 Å². The number of benzene rings is 2. The molecule has 5 N–H and O–H groups in total. The molecule has 0 aliphatic heterocycles. The first kappa shape index (κ1) is 18.9. The van der Waals surface area contributed by atoms with E-state index >= 15 is 0 Å². The van der Waals surface area contributed by atoms with Crippen LogP contribution in [0.1, 0.15) is 34.0 Å². The van der Waals surface area contributed by atoms with E-state index in [2.05, 4.69) is 5.32 Å². The van der Waals surface area contributed by atoms with Crippen molar-refractivity contribution in [1.82, 2.24) is 5.32 Å². The highest BCUT2D eigenvalue weighted by Gasteiger charge is 2.06. The molecule has 0 atom stereocenters. The molecule has 0 aliphatic carbocycles. The Kier molecular flexibility index (Phi) is 6.27. The van der Waals surface area contributed by atoms with E-state index in [0.717, 1.165) is 11.1 Å². The summed E-state index contributed by atoms with van der Waals surface area (Å²) in [7, 11) is 0. The van der Waals surface area contributed by atoms with Gasteiger partial charge in [-0.05, 0) is 42.2 Å². The number of nitrogen functional groups attached to an aromatic ring is 1. The standard InChI is InChI=1S/C20H21N3O3/c1-13(12-18(24)25)15-4-2-14(3-5-15)10-11-23-20(26)17-8-6-16(7-9-17)19(21)22/h2-9,12H,10-11H2,1H3,(H3,21,22)(H,23,26)(H,24,25)/b13-12+. The predicted molar refractivity (Wildman–Crippen MR) is 101 cm³/mol. The lowest BCUT2D eigenvalue weighted by Gasteiger charge is -2.07. The van der Waals surface area contributed by atoms with Crippen molar-refractivity contribution >= 4 is 23.3 Å². The van der Waals surface area contributed by atoms with Crippen LogP contribution in [0.5, 0.6) is 0 Å². The molecule has 134 valence electrons. The van der Waals surface area contributed by atoms with Crippen molar-refractivity contribution in [3.63, 3.8) is 0 Å². The molecule has 0 saturated carbocycles. The Bertz CT molecular complexity index is 838. The number of rotatable bonds is 7. The molecule has 0 fully saturated rings. The minimum Gasteiger partial charge on any atom is -0.478 e. The third kappa shape index (κ3) is 5.31. The lowest BCUT2D eigenvalue weighted by atomic mass is 10.0. The monoisotopic (exact) mass is 351 g/mol. The molecule has 0 aliphatic rings. The normalized spacial score (nSPS) is 11.0. The fraction of sp³-hybridized carbons (Fsp3) is 0.150. The van der Waals surface area contributed by atoms with E-state index in [9.17, 15) is 9.59 Å². The van der Waals surface area contributed by atoms with Gasteiger partial charge in [0.25, 0.3) is 5.91 Å². The van der Waals surface area contributed by atoms with Gasteiger partial charge in [0, 0.05) is 23.7 Å². The number of nitrogens with one attached hydrogen (secondary N) is 2. The van der Waals surface area contributed by atoms with Gasteiger partial charge in [0.2, 0.25) is 0 Å². The molecule has 0 aromatic heterocycles. The lowest BCUT2D eigenvalue weighted by Crippen LogP contribution is -2.25. The SMILES string of the molecule is C/C(=C\C(=O)O)c1ccc(CCNC(=O)c2ccc(C(=N)N)cc2)cc1. The number of hydrogen-bond acceptors (Lipinski definition) is 3. The molecule has 2 aromatic carbocycles. The summed E-state index contributed by atoms with van der Waals surface area (Å²) < 4.78 is 0. The van der Waals surface area contributed by atoms with Crippen LogP contribution in [0.15, 0.2) is 54.6 Å². The fourth-order valence-corrected chi connectivity index (χ4v) is 2.43. The van der Waals surface area contributed by atoms with E-state index in [1.807, 2.05) is 24.3 Å². The highest BCUT2D eigenvalue weighted by molar-refractivity contribution is 5.98. The molecular weight excluding hydrogens is 330 g/mol. The van der Waals surface area contributed by atoms with Crippen molar-refractivity contribution in [2.45, 2.75) is 13.3 Å². The van der Waals surface area contributed by atoms with Crippen molar-refractivity contribution in [2.24, 2.45) is 5.73 Å². The van der Waals surface area contributed by atoms with Gasteiger partial charge >= 0.3 is 5.97 Å². The maximum atomic E-state index is 12.1. The second-order valence-electron chi connectivity index (χ2n) is 5.86. The summed E-state index contributed by atoms with van der Waals surface area (Å²) in [6, 6.07) is 14.1. The fourth-order valence-electron chi connectivity index (χ4n) is 2.43. The van der Waals surface area contributed by atoms with E-state index in [1.54, 1.807) is 31.2 Å². The summed E-state index contributed by atoms with van der Waals surface area (Å²) in [4.78, 5) is 22.8. The lowest BCUT2D eigenvalue weighted by molar-refractivity contribution is -0.131. The maximum absolute atomic E-state index is 12.1. The summed E-state index contributed by atoms with van der Waals surface area (Å²) in [5.74, 6) is -1.18. The first-order valence-electron chi connectivity index (χ1n) is 8.10. The van der Waals surface area contributed by atoms with E-state index in [1.165, 1.54) is 6.08 Å². The average molecular weight is 351 g/mol. The zero-order valence-electron chi connectivity index (χ0n) is 14.5. The van der Waals surface area contributed by atoms with Crippen molar-refractivity contribution in [1.29, 1.82) is 5.41 Å². The van der Waals surface area contributed by atoms with Crippen molar-refractivity contribution in [2.75, 3.05) is 6.54 Å². The van der Waals surface area contributed by atoms with Gasteiger partial charge < -0.3 is 16.2 Å². The van der Waals surface area contributed by atoms with Crippen molar-refractivity contribution in [3.05, 3.63) is 76.9 Å². The van der Waals surface area contributed by atoms with Gasteiger partial charge in [0.1, 0.15) is 5.84 Å². The third-order valence-electron chi connectivity index (χ3n) is 3.91. The highest BCUT2D eigenvalue weighted by Crippen LogP contribution is 2.14. The number of carbonyl (C=O) groups is 2. The molecule has 6 nitrogen and oxygen atoms in total. The molecule has 0 heterocycles. The second-order valence-corrected chi connectivity index (χ2v) is 5.86. The number of hydrogen-bond donors (Lipinski definition) is 4. The van der Waals surface area contributed by atoms with E-state index in [-0.39, 0.29) is 11.7 Å². The average Bonchev–Trinajstić information content (AvgIpc) is 2.61. The largest absolute Gasteiger partial charge is 0.478 e. The van der Waals surface area contributed by atoms with Gasteiger partial charge in [-0.1, -0.05) is 36.4 Å². The molecule has 2 aromatic rings. The minimum atomic E-state index is -0.967. The Morgan fingerprint density at radius 2 is 1.58 bits per heavy atom.